The van der Waals surface area contributed by atoms with E-state index in [0.29, 0.717) is 11.1 Å². The highest BCUT2D eigenvalue weighted by Crippen LogP contribution is 2.33. The molecule has 0 heterocycles. The lowest BCUT2D eigenvalue weighted by atomic mass is 9.79. The Bertz CT molecular complexity index is 1120. The third-order valence-electron chi connectivity index (χ3n) is 5.36. The van der Waals surface area contributed by atoms with Gasteiger partial charge in [0.1, 0.15) is 17.6 Å². The van der Waals surface area contributed by atoms with Crippen molar-refractivity contribution < 1.29 is 49.4 Å². The third-order valence-corrected chi connectivity index (χ3v) is 5.36. The van der Waals surface area contributed by atoms with Crippen LogP contribution in [0, 0.1) is 0 Å². The van der Waals surface area contributed by atoms with E-state index in [2.05, 4.69) is 0 Å². The number of hydrogen-bond donors (Lipinski definition) is 5. The maximum atomic E-state index is 12.4. The van der Waals surface area contributed by atoms with Crippen LogP contribution in [0.2, 0.25) is 0 Å². The van der Waals surface area contributed by atoms with E-state index < -0.39 is 54.7 Å². The molecule has 0 amide bonds. The number of aliphatic hydroxyl groups is 2. The lowest BCUT2D eigenvalue weighted by molar-refractivity contribution is -0.204. The number of aliphatic carboxylic acids is 1. The first-order chi connectivity index (χ1) is 16.6. The van der Waals surface area contributed by atoms with Crippen LogP contribution in [-0.2, 0) is 23.9 Å². The molecule has 0 aliphatic heterocycles. The van der Waals surface area contributed by atoms with Crippen molar-refractivity contribution in [3.05, 3.63) is 71.8 Å². The van der Waals surface area contributed by atoms with Crippen LogP contribution in [-0.4, -0.2) is 67.4 Å². The molecule has 1 aliphatic rings. The van der Waals surface area contributed by atoms with Gasteiger partial charge in [0.2, 0.25) is 0 Å². The fraction of sp³-hybridized carbons (Fsp3) is 0.240. The van der Waals surface area contributed by atoms with Crippen molar-refractivity contribution in [1.82, 2.24) is 0 Å². The average Bonchev–Trinajstić information content (AvgIpc) is 2.80. The molecule has 1 saturated carbocycles. The summed E-state index contributed by atoms with van der Waals surface area (Å²) in [5.41, 5.74) is -1.25. The molecule has 3 rings (SSSR count). The maximum absolute atomic E-state index is 12.4. The number of esters is 2. The molecule has 2 aromatic rings. The Kier molecular flexibility index (Phi) is 7.90. The SMILES string of the molecule is O=C(C=Cc1ccc(O)cc1)OC1C[C@@](O)(C(=O)O)CC(O)[C@@H]1OC(=O)C=Cc1ccc(O)cc1. The Morgan fingerprint density at radius 3 is 1.71 bits per heavy atom. The molecule has 184 valence electrons. The number of benzene rings is 2. The number of carboxylic acid groups (broad SMARTS) is 1. The zero-order valence-corrected chi connectivity index (χ0v) is 18.4. The minimum atomic E-state index is -2.39. The van der Waals surface area contributed by atoms with Crippen LogP contribution in [0.5, 0.6) is 11.5 Å². The van der Waals surface area contributed by atoms with E-state index in [1.165, 1.54) is 48.6 Å². The average molecular weight is 484 g/mol. The Morgan fingerprint density at radius 1 is 0.800 bits per heavy atom. The largest absolute Gasteiger partial charge is 0.508 e. The summed E-state index contributed by atoms with van der Waals surface area (Å²) in [4.78, 5) is 36.2. The van der Waals surface area contributed by atoms with Gasteiger partial charge in [-0.2, -0.15) is 0 Å². The molecular weight excluding hydrogens is 460 g/mol. The number of phenolic OH excluding ortho intramolecular Hbond substituents is 2. The number of rotatable bonds is 7. The second-order valence-electron chi connectivity index (χ2n) is 8.04. The standard InChI is InChI=1S/C25H24O10/c26-17-7-1-15(2-8-17)5-11-21(29)34-20-14-25(33,24(31)32)13-19(28)23(20)35-22(30)12-6-16-3-9-18(27)10-4-16/h1-12,19-20,23,26-28,33H,13-14H2,(H,31,32)/t19?,20?,23-,25+/m0/s1. The number of carbonyl (C=O) groups is 3. The summed E-state index contributed by atoms with van der Waals surface area (Å²) in [5, 5.41) is 48.8. The van der Waals surface area contributed by atoms with Crippen LogP contribution < -0.4 is 0 Å². The number of carboxylic acids is 1. The van der Waals surface area contributed by atoms with Crippen molar-refractivity contribution >= 4 is 30.1 Å². The third kappa shape index (κ3) is 6.92. The molecular formula is C25H24O10. The minimum absolute atomic E-state index is 0.0398. The molecule has 1 aliphatic carbocycles. The lowest BCUT2D eigenvalue weighted by Crippen LogP contribution is -2.58. The highest BCUT2D eigenvalue weighted by Gasteiger charge is 2.52. The molecule has 10 heteroatoms. The second kappa shape index (κ2) is 10.9. The fourth-order valence-electron chi connectivity index (χ4n) is 3.54. The molecule has 10 nitrogen and oxygen atoms in total. The molecule has 5 N–H and O–H groups in total. The summed E-state index contributed by atoms with van der Waals surface area (Å²) < 4.78 is 10.5. The molecule has 0 spiro atoms. The zero-order chi connectivity index (χ0) is 25.6. The Morgan fingerprint density at radius 2 is 1.26 bits per heavy atom. The Labute approximate surface area is 200 Å². The van der Waals surface area contributed by atoms with E-state index in [4.69, 9.17) is 9.47 Å². The monoisotopic (exact) mass is 484 g/mol. The van der Waals surface area contributed by atoms with Gasteiger partial charge in [-0.3, -0.25) is 0 Å². The molecule has 35 heavy (non-hydrogen) atoms. The first-order valence-corrected chi connectivity index (χ1v) is 10.5. The predicted octanol–water partition coefficient (Wildman–Crippen LogP) is 1.62. The van der Waals surface area contributed by atoms with Crippen LogP contribution in [0.1, 0.15) is 24.0 Å². The second-order valence-corrected chi connectivity index (χ2v) is 8.04. The summed E-state index contributed by atoms with van der Waals surface area (Å²) in [7, 11) is 0. The molecule has 0 bridgehead atoms. The van der Waals surface area contributed by atoms with Gasteiger partial charge in [-0.25, -0.2) is 14.4 Å². The summed E-state index contributed by atoms with van der Waals surface area (Å²) in [6.07, 6.45) is -0.901. The molecule has 0 saturated heterocycles. The van der Waals surface area contributed by atoms with Crippen molar-refractivity contribution in [2.45, 2.75) is 36.8 Å². The normalized spacial score (nSPS) is 24.3. The minimum Gasteiger partial charge on any atom is -0.508 e. The van der Waals surface area contributed by atoms with Crippen LogP contribution in [0.4, 0.5) is 0 Å². The van der Waals surface area contributed by atoms with Crippen LogP contribution in [0.25, 0.3) is 12.2 Å². The molecule has 0 aromatic heterocycles. The highest BCUT2D eigenvalue weighted by molar-refractivity contribution is 5.88. The van der Waals surface area contributed by atoms with Crippen molar-refractivity contribution in [2.24, 2.45) is 0 Å². The van der Waals surface area contributed by atoms with E-state index in [1.807, 2.05) is 0 Å². The molecule has 0 radical (unpaired) electrons. The van der Waals surface area contributed by atoms with Gasteiger partial charge >= 0.3 is 17.9 Å². The van der Waals surface area contributed by atoms with E-state index >= 15 is 0 Å². The van der Waals surface area contributed by atoms with Crippen LogP contribution in [0.15, 0.2) is 60.7 Å². The highest BCUT2D eigenvalue weighted by atomic mass is 16.6. The van der Waals surface area contributed by atoms with Gasteiger partial charge in [0, 0.05) is 25.0 Å². The number of hydrogen-bond acceptors (Lipinski definition) is 9. The van der Waals surface area contributed by atoms with Gasteiger partial charge in [0.25, 0.3) is 0 Å². The quantitative estimate of drug-likeness (QED) is 0.287. The van der Waals surface area contributed by atoms with Crippen molar-refractivity contribution in [3.63, 3.8) is 0 Å². The maximum Gasteiger partial charge on any atom is 0.335 e. The van der Waals surface area contributed by atoms with Gasteiger partial charge in [-0.05, 0) is 47.5 Å². The fourth-order valence-corrected chi connectivity index (χ4v) is 3.54. The number of phenols is 2. The smallest absolute Gasteiger partial charge is 0.335 e. The molecule has 4 atom stereocenters. The topological polar surface area (TPSA) is 171 Å². The predicted molar refractivity (Wildman–Crippen MR) is 122 cm³/mol. The van der Waals surface area contributed by atoms with Gasteiger partial charge < -0.3 is 35.0 Å². The molecule has 2 unspecified atom stereocenters. The number of aromatic hydroxyl groups is 2. The van der Waals surface area contributed by atoms with Gasteiger partial charge in [-0.15, -0.1) is 0 Å². The van der Waals surface area contributed by atoms with E-state index in [9.17, 15) is 39.9 Å². The summed E-state index contributed by atoms with van der Waals surface area (Å²) in [6, 6.07) is 11.8. The first-order valence-electron chi connectivity index (χ1n) is 10.5. The van der Waals surface area contributed by atoms with Crippen molar-refractivity contribution in [2.75, 3.05) is 0 Å². The van der Waals surface area contributed by atoms with E-state index in [-0.39, 0.29) is 11.5 Å². The number of aliphatic hydroxyl groups excluding tert-OH is 1. The summed E-state index contributed by atoms with van der Waals surface area (Å²) in [6.45, 7) is 0. The summed E-state index contributed by atoms with van der Waals surface area (Å²) >= 11 is 0. The lowest BCUT2D eigenvalue weighted by Gasteiger charge is -2.40. The van der Waals surface area contributed by atoms with Gasteiger partial charge in [0.15, 0.2) is 11.7 Å². The zero-order valence-electron chi connectivity index (χ0n) is 18.4. The Balaban J connectivity index is 1.73. The van der Waals surface area contributed by atoms with Crippen molar-refractivity contribution in [3.8, 4) is 11.5 Å². The van der Waals surface area contributed by atoms with Crippen LogP contribution >= 0.6 is 0 Å². The van der Waals surface area contributed by atoms with Crippen LogP contribution in [0.3, 0.4) is 0 Å². The van der Waals surface area contributed by atoms with Crippen molar-refractivity contribution in [1.29, 1.82) is 0 Å². The van der Waals surface area contributed by atoms with Gasteiger partial charge in [0.05, 0.1) is 6.10 Å². The van der Waals surface area contributed by atoms with E-state index in [1.54, 1.807) is 12.1 Å². The van der Waals surface area contributed by atoms with Gasteiger partial charge in [-0.1, -0.05) is 24.3 Å². The van der Waals surface area contributed by atoms with E-state index in [0.717, 1.165) is 12.2 Å². The molecule has 1 fully saturated rings. The summed E-state index contributed by atoms with van der Waals surface area (Å²) in [5.74, 6) is -3.36. The molecule has 2 aromatic carbocycles. The first kappa shape index (κ1) is 25.5. The number of carbonyl (C=O) groups excluding carboxylic acids is 2. The number of ether oxygens (including phenoxy) is 2. The Hall–Kier alpha value is -4.15.